The van der Waals surface area contributed by atoms with Gasteiger partial charge in [-0.15, -0.1) is 0 Å². The second-order valence-corrected chi connectivity index (χ2v) is 6.42. The molecule has 1 N–H and O–H groups in total. The molecule has 3 aromatic heterocycles. The summed E-state index contributed by atoms with van der Waals surface area (Å²) in [6.45, 7) is 1.87. The van der Waals surface area contributed by atoms with Crippen molar-refractivity contribution < 1.29 is 8.42 Å². The van der Waals surface area contributed by atoms with E-state index in [0.29, 0.717) is 5.65 Å². The van der Waals surface area contributed by atoms with Crippen molar-refractivity contribution in [3.05, 3.63) is 53.4 Å². The van der Waals surface area contributed by atoms with Crippen molar-refractivity contribution in [1.29, 1.82) is 0 Å². The molecule has 0 spiro atoms. The molecule has 0 amide bonds. The zero-order valence-corrected chi connectivity index (χ0v) is 12.6. The molecule has 6 nitrogen and oxygen atoms in total. The molecule has 21 heavy (non-hydrogen) atoms. The van der Waals surface area contributed by atoms with Gasteiger partial charge in [-0.3, -0.25) is 9.12 Å². The van der Waals surface area contributed by atoms with Crippen LogP contribution in [-0.4, -0.2) is 22.8 Å². The number of aromatic nitrogens is 3. The van der Waals surface area contributed by atoms with E-state index in [1.807, 2.05) is 6.92 Å². The molecule has 108 valence electrons. The Kier molecular flexibility index (Phi) is 3.30. The van der Waals surface area contributed by atoms with E-state index in [2.05, 4.69) is 14.7 Å². The fourth-order valence-electron chi connectivity index (χ4n) is 1.90. The molecule has 0 unspecified atom stereocenters. The summed E-state index contributed by atoms with van der Waals surface area (Å²) < 4.78 is 28.8. The van der Waals surface area contributed by atoms with Crippen molar-refractivity contribution in [2.45, 2.75) is 11.9 Å². The molecular weight excluding hydrogens is 312 g/mol. The third-order valence-corrected chi connectivity index (χ3v) is 4.60. The second kappa shape index (κ2) is 5.01. The highest BCUT2D eigenvalue weighted by Gasteiger charge is 2.24. The van der Waals surface area contributed by atoms with E-state index in [9.17, 15) is 8.42 Å². The van der Waals surface area contributed by atoms with Crippen LogP contribution in [0.3, 0.4) is 0 Å². The number of nitrogens with zero attached hydrogens (tertiary/aromatic N) is 3. The number of hydrogen-bond acceptors (Lipinski definition) is 4. The van der Waals surface area contributed by atoms with Crippen LogP contribution in [0.2, 0.25) is 5.15 Å². The van der Waals surface area contributed by atoms with Crippen molar-refractivity contribution in [2.24, 2.45) is 0 Å². The van der Waals surface area contributed by atoms with Crippen molar-refractivity contribution >= 4 is 33.1 Å². The molecule has 0 aliphatic carbocycles. The summed E-state index contributed by atoms with van der Waals surface area (Å²) in [7, 11) is -3.88. The molecule has 0 bridgehead atoms. The van der Waals surface area contributed by atoms with Gasteiger partial charge in [0, 0.05) is 12.4 Å². The van der Waals surface area contributed by atoms with Gasteiger partial charge in [0.05, 0.1) is 0 Å². The van der Waals surface area contributed by atoms with Crippen LogP contribution in [0.1, 0.15) is 5.56 Å². The van der Waals surface area contributed by atoms with Crippen molar-refractivity contribution in [3.8, 4) is 0 Å². The van der Waals surface area contributed by atoms with E-state index in [1.165, 1.54) is 4.40 Å². The van der Waals surface area contributed by atoms with Crippen LogP contribution in [0.25, 0.3) is 5.65 Å². The van der Waals surface area contributed by atoms with E-state index in [4.69, 9.17) is 11.6 Å². The van der Waals surface area contributed by atoms with Crippen LogP contribution < -0.4 is 4.72 Å². The number of anilines is 1. The largest absolute Gasteiger partial charge is 0.288 e. The number of rotatable bonds is 3. The molecule has 0 fully saturated rings. The quantitative estimate of drug-likeness (QED) is 0.803. The Morgan fingerprint density at radius 3 is 2.76 bits per heavy atom. The van der Waals surface area contributed by atoms with Crippen LogP contribution in [0.5, 0.6) is 0 Å². The van der Waals surface area contributed by atoms with Gasteiger partial charge in [-0.1, -0.05) is 23.7 Å². The number of fused-ring (bicyclic) bond motifs is 1. The van der Waals surface area contributed by atoms with Gasteiger partial charge in [-0.05, 0) is 30.7 Å². The normalized spacial score (nSPS) is 11.7. The summed E-state index contributed by atoms with van der Waals surface area (Å²) in [5.41, 5.74) is 1.39. The van der Waals surface area contributed by atoms with Gasteiger partial charge in [0.1, 0.15) is 11.5 Å². The predicted molar refractivity (Wildman–Crippen MR) is 80.0 cm³/mol. The second-order valence-electron chi connectivity index (χ2n) is 4.46. The lowest BCUT2D eigenvalue weighted by atomic mass is 10.3. The number of nitrogens with one attached hydrogen (secondary N) is 1. The minimum absolute atomic E-state index is 0.0826. The summed E-state index contributed by atoms with van der Waals surface area (Å²) in [5.74, 6) is 0.225. The molecule has 0 aliphatic heterocycles. The maximum absolute atomic E-state index is 12.5. The highest BCUT2D eigenvalue weighted by molar-refractivity contribution is 7.92. The molecule has 0 saturated carbocycles. The molecule has 0 saturated heterocycles. The van der Waals surface area contributed by atoms with Crippen LogP contribution in [0.15, 0.2) is 47.8 Å². The lowest BCUT2D eigenvalue weighted by Crippen LogP contribution is -2.16. The molecule has 0 atom stereocenters. The monoisotopic (exact) mass is 322 g/mol. The van der Waals surface area contributed by atoms with Crippen LogP contribution >= 0.6 is 11.6 Å². The maximum atomic E-state index is 12.5. The fraction of sp³-hybridized carbons (Fsp3) is 0.0769. The average molecular weight is 323 g/mol. The molecule has 0 radical (unpaired) electrons. The van der Waals surface area contributed by atoms with Gasteiger partial charge in [0.15, 0.2) is 10.2 Å². The van der Waals surface area contributed by atoms with Gasteiger partial charge in [0.2, 0.25) is 0 Å². The topological polar surface area (TPSA) is 76.4 Å². The predicted octanol–water partition coefficient (Wildman–Crippen LogP) is 2.49. The third kappa shape index (κ3) is 2.57. The average Bonchev–Trinajstić information content (AvgIpc) is 2.77. The van der Waals surface area contributed by atoms with Crippen LogP contribution in [0.4, 0.5) is 5.82 Å². The van der Waals surface area contributed by atoms with E-state index >= 15 is 0 Å². The lowest BCUT2D eigenvalue weighted by molar-refractivity contribution is 0.596. The highest BCUT2D eigenvalue weighted by atomic mass is 35.5. The number of aryl methyl sites for hydroxylation is 1. The maximum Gasteiger partial charge on any atom is 0.282 e. The first-order chi connectivity index (χ1) is 9.97. The molecule has 3 heterocycles. The first kappa shape index (κ1) is 13.8. The number of hydrogen-bond donors (Lipinski definition) is 1. The summed E-state index contributed by atoms with van der Waals surface area (Å²) in [6.07, 6.45) is 3.17. The molecular formula is C13H11ClN4O2S. The van der Waals surface area contributed by atoms with E-state index in [0.717, 1.165) is 5.56 Å². The molecule has 0 aliphatic rings. The van der Waals surface area contributed by atoms with E-state index in [-0.39, 0.29) is 16.0 Å². The summed E-state index contributed by atoms with van der Waals surface area (Å²) >= 11 is 5.97. The van der Waals surface area contributed by atoms with Crippen molar-refractivity contribution in [3.63, 3.8) is 0 Å². The molecule has 3 rings (SSSR count). The number of halogens is 1. The highest BCUT2D eigenvalue weighted by Crippen LogP contribution is 2.24. The van der Waals surface area contributed by atoms with Gasteiger partial charge in [-0.25, -0.2) is 9.97 Å². The first-order valence-corrected chi connectivity index (χ1v) is 7.91. The first-order valence-electron chi connectivity index (χ1n) is 6.05. The van der Waals surface area contributed by atoms with Crippen molar-refractivity contribution in [1.82, 2.24) is 14.4 Å². The minimum Gasteiger partial charge on any atom is -0.288 e. The summed E-state index contributed by atoms with van der Waals surface area (Å²) in [6, 6.07) is 8.48. The Morgan fingerprint density at radius 1 is 1.24 bits per heavy atom. The van der Waals surface area contributed by atoms with Gasteiger partial charge >= 0.3 is 0 Å². The SMILES string of the molecule is Cc1ccc(NS(=O)(=O)c2c(Cl)nc3ccccn23)nc1. The smallest absolute Gasteiger partial charge is 0.282 e. The Balaban J connectivity index is 2.08. The Morgan fingerprint density at radius 2 is 2.05 bits per heavy atom. The number of imidazole rings is 1. The van der Waals surface area contributed by atoms with Crippen LogP contribution in [-0.2, 0) is 10.0 Å². The van der Waals surface area contributed by atoms with E-state index < -0.39 is 10.0 Å². The number of pyridine rings is 2. The van der Waals surface area contributed by atoms with Gasteiger partial charge in [0.25, 0.3) is 10.0 Å². The van der Waals surface area contributed by atoms with Gasteiger partial charge < -0.3 is 0 Å². The summed E-state index contributed by atoms with van der Waals surface area (Å²) in [4.78, 5) is 8.04. The Hall–Kier alpha value is -2.12. The van der Waals surface area contributed by atoms with E-state index in [1.54, 1.807) is 42.7 Å². The van der Waals surface area contributed by atoms with Crippen molar-refractivity contribution in [2.75, 3.05) is 4.72 Å². The molecule has 8 heteroatoms. The fourth-order valence-corrected chi connectivity index (χ4v) is 3.56. The summed E-state index contributed by atoms with van der Waals surface area (Å²) in [5, 5.41) is -0.192. The number of sulfonamides is 1. The van der Waals surface area contributed by atoms with Gasteiger partial charge in [-0.2, -0.15) is 8.42 Å². The third-order valence-electron chi connectivity index (χ3n) is 2.85. The van der Waals surface area contributed by atoms with Crippen LogP contribution in [0, 0.1) is 6.92 Å². The standard InChI is InChI=1S/C13H11ClN4O2S/c1-9-5-6-10(15-8-9)17-21(19,20)13-12(14)16-11-4-2-3-7-18(11)13/h2-8H,1H3,(H,15,17). The Bertz CT molecular complexity index is 904. The zero-order chi connectivity index (χ0) is 15.0. The zero-order valence-electron chi connectivity index (χ0n) is 11.0. The lowest BCUT2D eigenvalue weighted by Gasteiger charge is -2.07. The molecule has 0 aromatic carbocycles. The molecule has 3 aromatic rings. The Labute approximate surface area is 126 Å². The minimum atomic E-state index is -3.88.